The third kappa shape index (κ3) is 5.87. The largest absolute Gasteiger partial charge is 0.309 e. The molecule has 1 N–H and O–H groups in total. The molecule has 2 nitrogen and oxygen atoms in total. The Labute approximate surface area is 120 Å². The van der Waals surface area contributed by atoms with Crippen molar-refractivity contribution >= 4 is 10.8 Å². The van der Waals surface area contributed by atoms with Crippen molar-refractivity contribution in [3.05, 3.63) is 35.4 Å². The maximum absolute atomic E-state index is 12.0. The van der Waals surface area contributed by atoms with E-state index in [0.29, 0.717) is 0 Å². The summed E-state index contributed by atoms with van der Waals surface area (Å²) in [5.74, 6) is 1.52. The lowest BCUT2D eigenvalue weighted by molar-refractivity contribution is 0.569. The Hall–Kier alpha value is -0.670. The number of hydrogen-bond acceptors (Lipinski definition) is 2. The van der Waals surface area contributed by atoms with E-state index in [1.54, 1.807) is 0 Å². The van der Waals surface area contributed by atoms with E-state index < -0.39 is 10.8 Å². The number of rotatable bonds is 9. The van der Waals surface area contributed by atoms with Gasteiger partial charge in [-0.05, 0) is 36.9 Å². The quantitative estimate of drug-likeness (QED) is 0.751. The van der Waals surface area contributed by atoms with E-state index in [4.69, 9.17) is 0 Å². The standard InChI is InChI=1S/C16H27NOS/c1-4-11-17-16(13-19(18)12-5-2)15-9-7-14(6-3)8-10-15/h7-10,16-17H,4-6,11-13H2,1-3H3. The predicted octanol–water partition coefficient (Wildman–Crippen LogP) is 3.45. The fourth-order valence-electron chi connectivity index (χ4n) is 2.07. The van der Waals surface area contributed by atoms with Crippen LogP contribution in [0, 0.1) is 0 Å². The highest BCUT2D eigenvalue weighted by molar-refractivity contribution is 7.85. The minimum Gasteiger partial charge on any atom is -0.309 e. The molecule has 0 fully saturated rings. The third-order valence-corrected chi connectivity index (χ3v) is 4.78. The Morgan fingerprint density at radius 1 is 1.11 bits per heavy atom. The molecule has 0 amide bonds. The molecule has 2 unspecified atom stereocenters. The molecule has 1 aromatic rings. The predicted molar refractivity (Wildman–Crippen MR) is 85.0 cm³/mol. The average molecular weight is 281 g/mol. The van der Waals surface area contributed by atoms with Gasteiger partial charge in [0.05, 0.1) is 0 Å². The number of aryl methyl sites for hydroxylation is 1. The number of hydrogen-bond donors (Lipinski definition) is 1. The molecular weight excluding hydrogens is 254 g/mol. The zero-order valence-corrected chi connectivity index (χ0v) is 13.3. The molecule has 0 bridgehead atoms. The van der Waals surface area contributed by atoms with Gasteiger partial charge in [0.1, 0.15) is 0 Å². The minimum atomic E-state index is -0.724. The van der Waals surface area contributed by atoms with Gasteiger partial charge in [0.15, 0.2) is 0 Å². The molecule has 108 valence electrons. The molecule has 19 heavy (non-hydrogen) atoms. The summed E-state index contributed by atoms with van der Waals surface area (Å²) in [4.78, 5) is 0. The van der Waals surface area contributed by atoms with Crippen molar-refractivity contribution in [1.29, 1.82) is 0 Å². The third-order valence-electron chi connectivity index (χ3n) is 3.22. The second-order valence-corrected chi connectivity index (χ2v) is 6.53. The van der Waals surface area contributed by atoms with Gasteiger partial charge in [0.2, 0.25) is 0 Å². The Kier molecular flexibility index (Phi) is 7.99. The molecular formula is C16H27NOS. The van der Waals surface area contributed by atoms with E-state index in [-0.39, 0.29) is 6.04 Å². The van der Waals surface area contributed by atoms with Gasteiger partial charge < -0.3 is 5.32 Å². The summed E-state index contributed by atoms with van der Waals surface area (Å²) in [5, 5.41) is 3.52. The van der Waals surface area contributed by atoms with Crippen molar-refractivity contribution in [2.45, 2.75) is 46.1 Å². The fourth-order valence-corrected chi connectivity index (χ4v) is 3.38. The molecule has 0 aliphatic carbocycles. The summed E-state index contributed by atoms with van der Waals surface area (Å²) in [7, 11) is -0.724. The van der Waals surface area contributed by atoms with Crippen LogP contribution in [0.3, 0.4) is 0 Å². The van der Waals surface area contributed by atoms with Crippen LogP contribution in [0.2, 0.25) is 0 Å². The lowest BCUT2D eigenvalue weighted by Gasteiger charge is -2.19. The molecule has 0 saturated heterocycles. The van der Waals surface area contributed by atoms with Gasteiger partial charge in [0.25, 0.3) is 0 Å². The Balaban J connectivity index is 2.73. The first-order chi connectivity index (χ1) is 9.21. The topological polar surface area (TPSA) is 29.1 Å². The van der Waals surface area contributed by atoms with E-state index in [1.165, 1.54) is 11.1 Å². The van der Waals surface area contributed by atoms with Crippen LogP contribution >= 0.6 is 0 Å². The zero-order chi connectivity index (χ0) is 14.1. The summed E-state index contributed by atoms with van der Waals surface area (Å²) < 4.78 is 12.0. The van der Waals surface area contributed by atoms with Crippen LogP contribution in [0.1, 0.15) is 50.8 Å². The monoisotopic (exact) mass is 281 g/mol. The first kappa shape index (κ1) is 16.4. The maximum Gasteiger partial charge on any atom is 0.0436 e. The SMILES string of the molecule is CCCNC(CS(=O)CCC)c1ccc(CC)cc1. The van der Waals surface area contributed by atoms with Gasteiger partial charge in [-0.2, -0.15) is 0 Å². The summed E-state index contributed by atoms with van der Waals surface area (Å²) in [6.45, 7) is 7.39. The Morgan fingerprint density at radius 2 is 1.79 bits per heavy atom. The summed E-state index contributed by atoms with van der Waals surface area (Å²) in [5.41, 5.74) is 2.61. The second kappa shape index (κ2) is 9.27. The van der Waals surface area contributed by atoms with Gasteiger partial charge in [-0.25, -0.2) is 0 Å². The van der Waals surface area contributed by atoms with Gasteiger partial charge >= 0.3 is 0 Å². The van der Waals surface area contributed by atoms with Crippen LogP contribution in [-0.2, 0) is 17.2 Å². The van der Waals surface area contributed by atoms with Crippen molar-refractivity contribution < 1.29 is 4.21 Å². The Bertz CT molecular complexity index is 375. The van der Waals surface area contributed by atoms with Crippen molar-refractivity contribution in [3.63, 3.8) is 0 Å². The number of benzene rings is 1. The molecule has 0 radical (unpaired) electrons. The highest BCUT2D eigenvalue weighted by Gasteiger charge is 2.13. The smallest absolute Gasteiger partial charge is 0.0436 e. The molecule has 0 saturated carbocycles. The molecule has 1 rings (SSSR count). The van der Waals surface area contributed by atoms with E-state index in [9.17, 15) is 4.21 Å². The molecule has 1 aromatic carbocycles. The van der Waals surface area contributed by atoms with E-state index >= 15 is 0 Å². The molecule has 2 atom stereocenters. The molecule has 3 heteroatoms. The highest BCUT2D eigenvalue weighted by atomic mass is 32.2. The molecule has 0 aliphatic rings. The van der Waals surface area contributed by atoms with E-state index in [1.807, 2.05) is 0 Å². The average Bonchev–Trinajstić information content (AvgIpc) is 2.44. The van der Waals surface area contributed by atoms with E-state index in [0.717, 1.165) is 37.3 Å². The van der Waals surface area contributed by atoms with Gasteiger partial charge in [-0.3, -0.25) is 4.21 Å². The highest BCUT2D eigenvalue weighted by Crippen LogP contribution is 2.16. The van der Waals surface area contributed by atoms with Crippen molar-refractivity contribution in [3.8, 4) is 0 Å². The molecule has 0 aromatic heterocycles. The molecule has 0 spiro atoms. The first-order valence-electron chi connectivity index (χ1n) is 7.38. The van der Waals surface area contributed by atoms with Crippen LogP contribution < -0.4 is 5.32 Å². The summed E-state index contributed by atoms with van der Waals surface area (Å²) in [6.07, 6.45) is 3.15. The van der Waals surface area contributed by atoms with Crippen LogP contribution in [0.5, 0.6) is 0 Å². The molecule has 0 heterocycles. The molecule has 0 aliphatic heterocycles. The summed E-state index contributed by atoms with van der Waals surface area (Å²) >= 11 is 0. The van der Waals surface area contributed by atoms with Crippen LogP contribution in [0.4, 0.5) is 0 Å². The Morgan fingerprint density at radius 3 is 2.32 bits per heavy atom. The normalized spacial score (nSPS) is 14.3. The maximum atomic E-state index is 12.0. The van der Waals surface area contributed by atoms with E-state index in [2.05, 4.69) is 50.4 Å². The van der Waals surface area contributed by atoms with Crippen molar-refractivity contribution in [2.75, 3.05) is 18.1 Å². The van der Waals surface area contributed by atoms with Crippen LogP contribution in [-0.4, -0.2) is 22.3 Å². The lowest BCUT2D eigenvalue weighted by Crippen LogP contribution is -2.27. The van der Waals surface area contributed by atoms with Crippen LogP contribution in [0.15, 0.2) is 24.3 Å². The first-order valence-corrected chi connectivity index (χ1v) is 8.87. The zero-order valence-electron chi connectivity index (χ0n) is 12.4. The van der Waals surface area contributed by atoms with Gasteiger partial charge in [0, 0.05) is 28.3 Å². The lowest BCUT2D eigenvalue weighted by atomic mass is 10.0. The van der Waals surface area contributed by atoms with Crippen molar-refractivity contribution in [2.24, 2.45) is 0 Å². The summed E-state index contributed by atoms with van der Waals surface area (Å²) in [6, 6.07) is 8.93. The van der Waals surface area contributed by atoms with Crippen LogP contribution in [0.25, 0.3) is 0 Å². The van der Waals surface area contributed by atoms with Crippen molar-refractivity contribution in [1.82, 2.24) is 5.32 Å². The fraction of sp³-hybridized carbons (Fsp3) is 0.625. The number of nitrogens with one attached hydrogen (secondary N) is 1. The van der Waals surface area contributed by atoms with Gasteiger partial charge in [-0.1, -0.05) is 45.0 Å². The van der Waals surface area contributed by atoms with Gasteiger partial charge in [-0.15, -0.1) is 0 Å². The second-order valence-electron chi connectivity index (χ2n) is 4.91. The minimum absolute atomic E-state index is 0.221.